The number of aliphatic hydroxyl groups excluding tert-OH is 1. The lowest BCUT2D eigenvalue weighted by Gasteiger charge is -2.21. The van der Waals surface area contributed by atoms with Crippen LogP contribution >= 0.6 is 0 Å². The highest BCUT2D eigenvalue weighted by Gasteiger charge is 2.14. The molecule has 0 unspecified atom stereocenters. The third-order valence-corrected chi connectivity index (χ3v) is 3.48. The van der Waals surface area contributed by atoms with Gasteiger partial charge in [-0.05, 0) is 30.9 Å². The molecule has 1 fully saturated rings. The smallest absolute Gasteiger partial charge is 0.238 e. The van der Waals surface area contributed by atoms with E-state index in [1.807, 2.05) is 0 Å². The molecule has 0 heterocycles. The van der Waals surface area contributed by atoms with E-state index < -0.39 is 10.0 Å². The summed E-state index contributed by atoms with van der Waals surface area (Å²) in [5, 5.41) is 13.2. The predicted octanol–water partition coefficient (Wildman–Crippen LogP) is 1.11. The number of hydrogen-bond acceptors (Lipinski definition) is 3. The third-order valence-electron chi connectivity index (χ3n) is 2.55. The second-order valence-electron chi connectivity index (χ2n) is 3.84. The first kappa shape index (κ1) is 13.2. The maximum Gasteiger partial charge on any atom is 0.238 e. The van der Waals surface area contributed by atoms with Crippen LogP contribution in [0.1, 0.15) is 19.3 Å². The molecule has 0 amide bonds. The molecule has 4 nitrogen and oxygen atoms in total. The van der Waals surface area contributed by atoms with Crippen LogP contribution in [0.25, 0.3) is 0 Å². The fraction of sp³-hybridized carbons (Fsp3) is 0.455. The Kier molecular flexibility index (Phi) is 4.92. The highest BCUT2D eigenvalue weighted by Crippen LogP contribution is 2.24. The quantitative estimate of drug-likeness (QED) is 0.816. The zero-order valence-corrected chi connectivity index (χ0v) is 9.86. The molecule has 1 saturated carbocycles. The van der Waals surface area contributed by atoms with Gasteiger partial charge >= 0.3 is 0 Å². The van der Waals surface area contributed by atoms with E-state index in [1.165, 1.54) is 31.4 Å². The SMILES string of the molecule is NS(=O)(=O)c1ccccc1.OCC1CCC1. The molecule has 0 atom stereocenters. The fourth-order valence-electron chi connectivity index (χ4n) is 1.29. The van der Waals surface area contributed by atoms with E-state index in [-0.39, 0.29) is 4.90 Å². The summed E-state index contributed by atoms with van der Waals surface area (Å²) in [5.41, 5.74) is 0. The lowest BCUT2D eigenvalue weighted by Crippen LogP contribution is -2.14. The van der Waals surface area contributed by atoms with E-state index in [0.717, 1.165) is 0 Å². The molecule has 1 aliphatic carbocycles. The van der Waals surface area contributed by atoms with Gasteiger partial charge in [0.2, 0.25) is 10.0 Å². The van der Waals surface area contributed by atoms with Crippen molar-refractivity contribution in [3.8, 4) is 0 Å². The van der Waals surface area contributed by atoms with Crippen molar-refractivity contribution in [2.24, 2.45) is 11.1 Å². The lowest BCUT2D eigenvalue weighted by molar-refractivity contribution is 0.163. The molecule has 3 N–H and O–H groups in total. The number of hydrogen-bond donors (Lipinski definition) is 2. The molecule has 90 valence electrons. The van der Waals surface area contributed by atoms with Gasteiger partial charge in [0, 0.05) is 6.61 Å². The van der Waals surface area contributed by atoms with Crippen LogP contribution in [-0.2, 0) is 10.0 Å². The summed E-state index contributed by atoms with van der Waals surface area (Å²) in [7, 11) is -3.50. The Morgan fingerprint density at radius 2 is 1.81 bits per heavy atom. The van der Waals surface area contributed by atoms with Gasteiger partial charge in [-0.1, -0.05) is 24.6 Å². The van der Waals surface area contributed by atoms with Crippen LogP contribution in [-0.4, -0.2) is 20.1 Å². The average molecular weight is 243 g/mol. The van der Waals surface area contributed by atoms with Crippen molar-refractivity contribution in [2.75, 3.05) is 6.61 Å². The second kappa shape index (κ2) is 5.98. The first-order valence-electron chi connectivity index (χ1n) is 5.22. The Morgan fingerprint density at radius 3 is 2.00 bits per heavy atom. The maximum absolute atomic E-state index is 10.6. The molecule has 0 spiro atoms. The molecule has 0 radical (unpaired) electrons. The van der Waals surface area contributed by atoms with Gasteiger partial charge in [-0.15, -0.1) is 0 Å². The van der Waals surface area contributed by atoms with Crippen molar-refractivity contribution in [1.82, 2.24) is 0 Å². The van der Waals surface area contributed by atoms with Crippen LogP contribution in [0.3, 0.4) is 0 Å². The number of nitrogens with two attached hydrogens (primary N) is 1. The Hall–Kier alpha value is -0.910. The molecule has 0 aromatic heterocycles. The van der Waals surface area contributed by atoms with Crippen LogP contribution in [0.5, 0.6) is 0 Å². The first-order valence-corrected chi connectivity index (χ1v) is 6.77. The van der Waals surface area contributed by atoms with Crippen LogP contribution in [0.15, 0.2) is 35.2 Å². The summed E-state index contributed by atoms with van der Waals surface area (Å²) < 4.78 is 21.2. The standard InChI is InChI=1S/C6H7NO2S.C5H10O/c7-10(8,9)6-4-2-1-3-5-6;6-4-5-2-1-3-5/h1-5H,(H2,7,8,9);5-6H,1-4H2. The summed E-state index contributed by atoms with van der Waals surface area (Å²) in [6.07, 6.45) is 3.86. The van der Waals surface area contributed by atoms with E-state index >= 15 is 0 Å². The lowest BCUT2D eigenvalue weighted by atomic mass is 9.86. The van der Waals surface area contributed by atoms with Crippen LogP contribution in [0, 0.1) is 5.92 Å². The van der Waals surface area contributed by atoms with E-state index in [0.29, 0.717) is 12.5 Å². The predicted molar refractivity (Wildman–Crippen MR) is 62.2 cm³/mol. The molecule has 1 aliphatic rings. The van der Waals surface area contributed by atoms with Gasteiger partial charge in [-0.3, -0.25) is 0 Å². The summed E-state index contributed by atoms with van der Waals surface area (Å²) in [6, 6.07) is 7.89. The van der Waals surface area contributed by atoms with Gasteiger partial charge in [0.25, 0.3) is 0 Å². The minimum absolute atomic E-state index is 0.148. The zero-order valence-electron chi connectivity index (χ0n) is 9.04. The third kappa shape index (κ3) is 4.30. The maximum atomic E-state index is 10.6. The van der Waals surface area contributed by atoms with Gasteiger partial charge in [-0.2, -0.15) is 0 Å². The highest BCUT2D eigenvalue weighted by molar-refractivity contribution is 7.89. The summed E-state index contributed by atoms with van der Waals surface area (Å²) in [4.78, 5) is 0.148. The van der Waals surface area contributed by atoms with E-state index in [9.17, 15) is 8.42 Å². The van der Waals surface area contributed by atoms with Gasteiger partial charge in [-0.25, -0.2) is 13.6 Å². The van der Waals surface area contributed by atoms with Gasteiger partial charge < -0.3 is 5.11 Å². The monoisotopic (exact) mass is 243 g/mol. The van der Waals surface area contributed by atoms with Crippen molar-refractivity contribution < 1.29 is 13.5 Å². The molecular weight excluding hydrogens is 226 g/mol. The Labute approximate surface area is 96.2 Å². The average Bonchev–Trinajstić information content (AvgIpc) is 2.17. The highest BCUT2D eigenvalue weighted by atomic mass is 32.2. The van der Waals surface area contributed by atoms with Crippen molar-refractivity contribution in [3.05, 3.63) is 30.3 Å². The molecule has 0 bridgehead atoms. The Balaban J connectivity index is 0.000000181. The van der Waals surface area contributed by atoms with Crippen molar-refractivity contribution in [3.63, 3.8) is 0 Å². The van der Waals surface area contributed by atoms with E-state index in [4.69, 9.17) is 10.2 Å². The normalized spacial score (nSPS) is 15.9. The van der Waals surface area contributed by atoms with Gasteiger partial charge in [0.15, 0.2) is 0 Å². The number of benzene rings is 1. The largest absolute Gasteiger partial charge is 0.396 e. The number of primary sulfonamides is 1. The molecule has 5 heteroatoms. The van der Waals surface area contributed by atoms with Crippen LogP contribution in [0.4, 0.5) is 0 Å². The molecular formula is C11H17NO3S. The molecule has 2 rings (SSSR count). The first-order chi connectivity index (χ1) is 7.54. The zero-order chi connectivity index (χ0) is 12.0. The minimum Gasteiger partial charge on any atom is -0.396 e. The number of aliphatic hydroxyl groups is 1. The molecule has 16 heavy (non-hydrogen) atoms. The number of rotatable bonds is 2. The van der Waals surface area contributed by atoms with Crippen molar-refractivity contribution in [2.45, 2.75) is 24.2 Å². The molecule has 0 saturated heterocycles. The van der Waals surface area contributed by atoms with E-state index in [1.54, 1.807) is 18.2 Å². The van der Waals surface area contributed by atoms with Crippen molar-refractivity contribution >= 4 is 10.0 Å². The molecule has 1 aromatic carbocycles. The van der Waals surface area contributed by atoms with E-state index in [2.05, 4.69) is 0 Å². The summed E-state index contributed by atoms with van der Waals surface area (Å²) in [5.74, 6) is 0.671. The molecule has 1 aromatic rings. The summed E-state index contributed by atoms with van der Waals surface area (Å²) in [6.45, 7) is 0.417. The van der Waals surface area contributed by atoms with Crippen LogP contribution < -0.4 is 5.14 Å². The topological polar surface area (TPSA) is 80.4 Å². The van der Waals surface area contributed by atoms with Gasteiger partial charge in [0.1, 0.15) is 0 Å². The Bertz CT molecular complexity index is 396. The summed E-state index contributed by atoms with van der Waals surface area (Å²) >= 11 is 0. The minimum atomic E-state index is -3.50. The van der Waals surface area contributed by atoms with Gasteiger partial charge in [0.05, 0.1) is 4.90 Å². The van der Waals surface area contributed by atoms with Crippen molar-refractivity contribution in [1.29, 1.82) is 0 Å². The Morgan fingerprint density at radius 1 is 1.25 bits per heavy atom. The number of sulfonamides is 1. The molecule has 0 aliphatic heterocycles. The second-order valence-corrected chi connectivity index (χ2v) is 5.40. The fourth-order valence-corrected chi connectivity index (χ4v) is 1.82. The van der Waals surface area contributed by atoms with Crippen LogP contribution in [0.2, 0.25) is 0 Å².